The van der Waals surface area contributed by atoms with E-state index < -0.39 is 0 Å². The van der Waals surface area contributed by atoms with Gasteiger partial charge in [0, 0.05) is 0 Å². The molecule has 0 aliphatic carbocycles. The van der Waals surface area contributed by atoms with E-state index in [1.54, 1.807) is 11.1 Å². The van der Waals surface area contributed by atoms with Crippen molar-refractivity contribution in [3.05, 3.63) is 35.4 Å². The summed E-state index contributed by atoms with van der Waals surface area (Å²) in [6, 6.07) is 9.35. The van der Waals surface area contributed by atoms with E-state index in [0.29, 0.717) is 0 Å². The second-order valence-corrected chi connectivity index (χ2v) is 5.21. The fourth-order valence-electron chi connectivity index (χ4n) is 2.98. The summed E-state index contributed by atoms with van der Waals surface area (Å²) in [6.07, 6.45) is 5.11. The maximum Gasteiger partial charge on any atom is -0.00431 e. The molecule has 0 aromatic heterocycles. The van der Waals surface area contributed by atoms with Gasteiger partial charge in [0.2, 0.25) is 0 Å². The van der Waals surface area contributed by atoms with Crippen molar-refractivity contribution in [3.63, 3.8) is 0 Å². The Kier molecular flexibility index (Phi) is 4.61. The minimum atomic E-state index is 0.747. The van der Waals surface area contributed by atoms with Gasteiger partial charge in [-0.25, -0.2) is 0 Å². The van der Waals surface area contributed by atoms with Crippen molar-refractivity contribution in [2.24, 2.45) is 0 Å². The topological polar surface area (TPSA) is 12.0 Å². The molecule has 1 aromatic carbocycles. The van der Waals surface area contributed by atoms with E-state index in [1.165, 1.54) is 38.8 Å². The largest absolute Gasteiger partial charge is 0.317 e. The van der Waals surface area contributed by atoms with Crippen LogP contribution < -0.4 is 5.32 Å². The third-order valence-corrected chi connectivity index (χ3v) is 4.18. The number of piperidine rings is 1. The van der Waals surface area contributed by atoms with Crippen molar-refractivity contribution >= 4 is 0 Å². The van der Waals surface area contributed by atoms with Crippen LogP contribution in [0.2, 0.25) is 0 Å². The predicted molar refractivity (Wildman–Crippen MR) is 74.6 cm³/mol. The van der Waals surface area contributed by atoms with Crippen LogP contribution in [-0.2, 0) is 0 Å². The van der Waals surface area contributed by atoms with Crippen molar-refractivity contribution in [1.82, 2.24) is 5.32 Å². The lowest BCUT2D eigenvalue weighted by Gasteiger charge is -2.24. The first kappa shape index (κ1) is 12.6. The number of rotatable bonds is 4. The molecular formula is C16H25N. The molecule has 1 saturated heterocycles. The first-order valence-electron chi connectivity index (χ1n) is 7.15. The molecule has 0 unspecified atom stereocenters. The highest BCUT2D eigenvalue weighted by Gasteiger charge is 2.16. The summed E-state index contributed by atoms with van der Waals surface area (Å²) in [5.41, 5.74) is 3.11. The SMILES string of the molecule is CCC(CC)c1cccc(C2CCNCC2)c1. The van der Waals surface area contributed by atoms with Gasteiger partial charge < -0.3 is 5.32 Å². The Morgan fingerprint density at radius 1 is 1.18 bits per heavy atom. The molecule has 1 heterocycles. The highest BCUT2D eigenvalue weighted by molar-refractivity contribution is 5.29. The average Bonchev–Trinajstić information content (AvgIpc) is 2.42. The minimum Gasteiger partial charge on any atom is -0.317 e. The maximum absolute atomic E-state index is 3.44. The fourth-order valence-corrected chi connectivity index (χ4v) is 2.98. The van der Waals surface area contributed by atoms with Gasteiger partial charge in [-0.1, -0.05) is 38.1 Å². The smallest absolute Gasteiger partial charge is 0.00431 e. The molecule has 2 rings (SSSR count). The summed E-state index contributed by atoms with van der Waals surface area (Å²) in [7, 11) is 0. The standard InChI is InChI=1S/C16H25N/c1-3-13(4-2)15-6-5-7-16(12-15)14-8-10-17-11-9-14/h5-7,12-14,17H,3-4,8-11H2,1-2H3. The van der Waals surface area contributed by atoms with Gasteiger partial charge in [0.1, 0.15) is 0 Å². The Hall–Kier alpha value is -0.820. The van der Waals surface area contributed by atoms with E-state index >= 15 is 0 Å². The number of benzene rings is 1. The summed E-state index contributed by atoms with van der Waals surface area (Å²) < 4.78 is 0. The van der Waals surface area contributed by atoms with E-state index in [1.807, 2.05) is 0 Å². The molecular weight excluding hydrogens is 206 g/mol. The van der Waals surface area contributed by atoms with Crippen molar-refractivity contribution in [2.75, 3.05) is 13.1 Å². The third kappa shape index (κ3) is 3.10. The van der Waals surface area contributed by atoms with Crippen LogP contribution >= 0.6 is 0 Å². The van der Waals surface area contributed by atoms with Crippen LogP contribution in [0, 0.1) is 0 Å². The third-order valence-electron chi connectivity index (χ3n) is 4.18. The van der Waals surface area contributed by atoms with Gasteiger partial charge in [0.25, 0.3) is 0 Å². The maximum atomic E-state index is 3.44. The molecule has 1 aliphatic rings. The van der Waals surface area contributed by atoms with E-state index in [2.05, 4.69) is 43.4 Å². The molecule has 1 heteroatoms. The zero-order valence-electron chi connectivity index (χ0n) is 11.2. The second-order valence-electron chi connectivity index (χ2n) is 5.21. The van der Waals surface area contributed by atoms with Crippen molar-refractivity contribution < 1.29 is 0 Å². The van der Waals surface area contributed by atoms with E-state index in [9.17, 15) is 0 Å². The molecule has 0 saturated carbocycles. The lowest BCUT2D eigenvalue weighted by atomic mass is 9.86. The van der Waals surface area contributed by atoms with Crippen LogP contribution in [0.4, 0.5) is 0 Å². The molecule has 1 nitrogen and oxygen atoms in total. The predicted octanol–water partition coefficient (Wildman–Crippen LogP) is 4.06. The van der Waals surface area contributed by atoms with Crippen molar-refractivity contribution in [3.8, 4) is 0 Å². The Balaban J connectivity index is 2.15. The van der Waals surface area contributed by atoms with Gasteiger partial charge in [-0.3, -0.25) is 0 Å². The van der Waals surface area contributed by atoms with Crippen LogP contribution in [0.25, 0.3) is 0 Å². The normalized spacial score (nSPS) is 17.6. The highest BCUT2D eigenvalue weighted by Crippen LogP contribution is 2.29. The molecule has 1 fully saturated rings. The zero-order chi connectivity index (χ0) is 12.1. The van der Waals surface area contributed by atoms with E-state index in [-0.39, 0.29) is 0 Å². The molecule has 0 spiro atoms. The van der Waals surface area contributed by atoms with Crippen LogP contribution in [0.5, 0.6) is 0 Å². The molecule has 0 bridgehead atoms. The zero-order valence-corrected chi connectivity index (χ0v) is 11.2. The van der Waals surface area contributed by atoms with Gasteiger partial charge in [0.15, 0.2) is 0 Å². The van der Waals surface area contributed by atoms with Crippen molar-refractivity contribution in [1.29, 1.82) is 0 Å². The average molecular weight is 231 g/mol. The Bertz CT molecular complexity index is 335. The monoisotopic (exact) mass is 231 g/mol. The van der Waals surface area contributed by atoms with Gasteiger partial charge in [0.05, 0.1) is 0 Å². The lowest BCUT2D eigenvalue weighted by Crippen LogP contribution is -2.26. The first-order chi connectivity index (χ1) is 8.35. The molecule has 94 valence electrons. The molecule has 1 N–H and O–H groups in total. The van der Waals surface area contributed by atoms with Crippen LogP contribution in [0.1, 0.15) is 62.5 Å². The lowest BCUT2D eigenvalue weighted by molar-refractivity contribution is 0.460. The van der Waals surface area contributed by atoms with Gasteiger partial charge in [-0.15, -0.1) is 0 Å². The Morgan fingerprint density at radius 2 is 1.88 bits per heavy atom. The quantitative estimate of drug-likeness (QED) is 0.824. The van der Waals surface area contributed by atoms with E-state index in [0.717, 1.165) is 11.8 Å². The first-order valence-corrected chi connectivity index (χ1v) is 7.15. The highest BCUT2D eigenvalue weighted by atomic mass is 14.9. The van der Waals surface area contributed by atoms with Crippen molar-refractivity contribution in [2.45, 2.75) is 51.4 Å². The Morgan fingerprint density at radius 3 is 2.53 bits per heavy atom. The molecule has 17 heavy (non-hydrogen) atoms. The summed E-state index contributed by atoms with van der Waals surface area (Å²) >= 11 is 0. The molecule has 0 atom stereocenters. The van der Waals surface area contributed by atoms with Gasteiger partial charge in [-0.05, 0) is 61.7 Å². The van der Waals surface area contributed by atoms with Crippen LogP contribution in [0.15, 0.2) is 24.3 Å². The summed E-state index contributed by atoms with van der Waals surface area (Å²) in [4.78, 5) is 0. The summed E-state index contributed by atoms with van der Waals surface area (Å²) in [5.74, 6) is 1.53. The van der Waals surface area contributed by atoms with Gasteiger partial charge in [-0.2, -0.15) is 0 Å². The number of hydrogen-bond acceptors (Lipinski definition) is 1. The fraction of sp³-hybridized carbons (Fsp3) is 0.625. The minimum absolute atomic E-state index is 0.747. The summed E-state index contributed by atoms with van der Waals surface area (Å²) in [6.45, 7) is 6.95. The molecule has 1 aliphatic heterocycles. The molecule has 0 amide bonds. The molecule has 0 radical (unpaired) electrons. The van der Waals surface area contributed by atoms with Crippen LogP contribution in [0.3, 0.4) is 0 Å². The second kappa shape index (κ2) is 6.20. The molecule has 1 aromatic rings. The number of hydrogen-bond donors (Lipinski definition) is 1. The number of nitrogens with one attached hydrogen (secondary N) is 1. The Labute approximate surface area is 106 Å². The van der Waals surface area contributed by atoms with Gasteiger partial charge >= 0.3 is 0 Å². The van der Waals surface area contributed by atoms with E-state index in [4.69, 9.17) is 0 Å². The van der Waals surface area contributed by atoms with Crippen LogP contribution in [-0.4, -0.2) is 13.1 Å². The summed E-state index contributed by atoms with van der Waals surface area (Å²) in [5, 5.41) is 3.44.